The molecule has 11 aromatic rings. The first kappa shape index (κ1) is 28.0. The van der Waals surface area contributed by atoms with Crippen LogP contribution in [0.25, 0.3) is 93.9 Å². The van der Waals surface area contributed by atoms with Crippen molar-refractivity contribution in [2.75, 3.05) is 0 Å². The molecule has 0 bridgehead atoms. The molecular weight excluding hydrogens is 621 g/mol. The van der Waals surface area contributed by atoms with E-state index >= 15 is 0 Å². The largest absolute Gasteiger partial charge is 0.309 e. The minimum atomic E-state index is 0.910. The van der Waals surface area contributed by atoms with Gasteiger partial charge in [-0.1, -0.05) is 127 Å². The average molecular weight is 651 g/mol. The van der Waals surface area contributed by atoms with E-state index < -0.39 is 0 Å². The van der Waals surface area contributed by atoms with E-state index in [1.165, 1.54) is 38.1 Å². The Labute approximate surface area is 293 Å². The lowest BCUT2D eigenvalue weighted by Crippen LogP contribution is -2.02. The maximum Gasteiger partial charge on any atom is 0.138 e. The molecule has 0 amide bonds. The van der Waals surface area contributed by atoms with Crippen molar-refractivity contribution in [3.05, 3.63) is 182 Å². The van der Waals surface area contributed by atoms with Gasteiger partial charge in [0.15, 0.2) is 0 Å². The summed E-state index contributed by atoms with van der Waals surface area (Å²) < 4.78 is 7.11. The van der Waals surface area contributed by atoms with E-state index in [1.807, 2.05) is 0 Å². The summed E-state index contributed by atoms with van der Waals surface area (Å²) in [6.45, 7) is 0. The highest BCUT2D eigenvalue weighted by Gasteiger charge is 2.21. The van der Waals surface area contributed by atoms with Crippen LogP contribution in [0.2, 0.25) is 0 Å². The van der Waals surface area contributed by atoms with E-state index in [1.54, 1.807) is 0 Å². The third kappa shape index (κ3) is 3.99. The number of hydrogen-bond donors (Lipinski definition) is 0. The molecular formula is C47H30N4. The number of para-hydroxylation sites is 7. The number of pyridine rings is 1. The summed E-state index contributed by atoms with van der Waals surface area (Å²) in [7, 11) is 0. The molecule has 11 rings (SSSR count). The van der Waals surface area contributed by atoms with Gasteiger partial charge in [-0.25, -0.2) is 4.98 Å². The summed E-state index contributed by atoms with van der Waals surface area (Å²) in [6, 6.07) is 65.3. The number of rotatable bonds is 4. The van der Waals surface area contributed by atoms with Crippen LogP contribution in [0.3, 0.4) is 0 Å². The van der Waals surface area contributed by atoms with Crippen molar-refractivity contribution in [1.29, 1.82) is 0 Å². The van der Waals surface area contributed by atoms with Crippen molar-refractivity contribution < 1.29 is 0 Å². The van der Waals surface area contributed by atoms with Gasteiger partial charge in [0.25, 0.3) is 0 Å². The first-order valence-electron chi connectivity index (χ1n) is 17.4. The van der Waals surface area contributed by atoms with Gasteiger partial charge < -0.3 is 9.13 Å². The summed E-state index contributed by atoms with van der Waals surface area (Å²) in [5.74, 6) is 0.910. The van der Waals surface area contributed by atoms with Crippen LogP contribution in [0.1, 0.15) is 0 Å². The SMILES string of the molecule is c1ccc(-n2c3ccccc3c3ccccc32)c(-c2ccccc2-n2c3ccccc3c3nc(-n4c5ccccc5c5ccccc54)ccc32)c1. The van der Waals surface area contributed by atoms with Crippen molar-refractivity contribution in [3.8, 4) is 28.3 Å². The van der Waals surface area contributed by atoms with Gasteiger partial charge in [0.1, 0.15) is 5.82 Å². The molecule has 0 aliphatic heterocycles. The molecule has 0 saturated heterocycles. The molecule has 0 spiro atoms. The molecule has 0 saturated carbocycles. The molecule has 0 radical (unpaired) electrons. The number of hydrogen-bond acceptors (Lipinski definition) is 1. The summed E-state index contributed by atoms with van der Waals surface area (Å²) in [5, 5.41) is 6.09. The van der Waals surface area contributed by atoms with Gasteiger partial charge in [-0.05, 0) is 54.6 Å². The Kier molecular flexibility index (Phi) is 5.92. The van der Waals surface area contributed by atoms with Crippen LogP contribution < -0.4 is 0 Å². The van der Waals surface area contributed by atoms with Crippen LogP contribution in [-0.4, -0.2) is 18.7 Å². The van der Waals surface area contributed by atoms with Gasteiger partial charge in [-0.3, -0.25) is 4.57 Å². The van der Waals surface area contributed by atoms with Gasteiger partial charge in [0.2, 0.25) is 0 Å². The lowest BCUT2D eigenvalue weighted by Gasteiger charge is -2.18. The van der Waals surface area contributed by atoms with Crippen LogP contribution in [-0.2, 0) is 0 Å². The van der Waals surface area contributed by atoms with E-state index in [2.05, 4.69) is 196 Å². The standard InChI is InChI=1S/C47H30N4/c1-8-22-38-31(15-1)32-16-2-9-23-39(32)49(38)40-24-10-3-17-33(40)34-18-4-11-25-41(34)50-44-28-14-7-21-37(44)47-45(50)29-30-46(48-47)51-42-26-12-5-19-35(42)36-20-6-13-27-43(36)51/h1-30H. The molecule has 0 fully saturated rings. The molecule has 4 heterocycles. The van der Waals surface area contributed by atoms with Crippen molar-refractivity contribution in [3.63, 3.8) is 0 Å². The highest BCUT2D eigenvalue weighted by Crippen LogP contribution is 2.41. The fourth-order valence-electron chi connectivity index (χ4n) is 8.35. The number of benzene rings is 7. The third-order valence-electron chi connectivity index (χ3n) is 10.5. The van der Waals surface area contributed by atoms with E-state index in [4.69, 9.17) is 4.98 Å². The second kappa shape index (κ2) is 10.8. The molecule has 0 N–H and O–H groups in total. The zero-order valence-corrected chi connectivity index (χ0v) is 27.6. The molecule has 7 aromatic carbocycles. The molecule has 4 nitrogen and oxygen atoms in total. The van der Waals surface area contributed by atoms with E-state index in [0.29, 0.717) is 0 Å². The van der Waals surface area contributed by atoms with E-state index in [-0.39, 0.29) is 0 Å². The summed E-state index contributed by atoms with van der Waals surface area (Å²) in [6.07, 6.45) is 0. The smallest absolute Gasteiger partial charge is 0.138 e. The number of aromatic nitrogens is 4. The molecule has 0 unspecified atom stereocenters. The Balaban J connectivity index is 1.17. The molecule has 0 atom stereocenters. The number of fused-ring (bicyclic) bond motifs is 9. The highest BCUT2D eigenvalue weighted by molar-refractivity contribution is 6.12. The van der Waals surface area contributed by atoms with Crippen LogP contribution in [0.5, 0.6) is 0 Å². The Hall–Kier alpha value is -6.91. The summed E-state index contributed by atoms with van der Waals surface area (Å²) >= 11 is 0. The van der Waals surface area contributed by atoms with Crippen molar-refractivity contribution in [2.24, 2.45) is 0 Å². The molecule has 51 heavy (non-hydrogen) atoms. The maximum atomic E-state index is 5.46. The van der Waals surface area contributed by atoms with Crippen LogP contribution in [0.4, 0.5) is 0 Å². The Morgan fingerprint density at radius 2 is 0.627 bits per heavy atom. The Morgan fingerprint density at radius 1 is 0.275 bits per heavy atom. The molecule has 4 aromatic heterocycles. The Bertz CT molecular complexity index is 3050. The van der Waals surface area contributed by atoms with Gasteiger partial charge >= 0.3 is 0 Å². The predicted molar refractivity (Wildman–Crippen MR) is 213 cm³/mol. The quantitative estimate of drug-likeness (QED) is 0.186. The summed E-state index contributed by atoms with van der Waals surface area (Å²) in [4.78, 5) is 5.46. The van der Waals surface area contributed by atoms with Crippen molar-refractivity contribution in [1.82, 2.24) is 18.7 Å². The summed E-state index contributed by atoms with van der Waals surface area (Å²) in [5.41, 5.74) is 12.5. The molecule has 0 aliphatic carbocycles. The lowest BCUT2D eigenvalue weighted by atomic mass is 10.0. The fraction of sp³-hybridized carbons (Fsp3) is 0. The zero-order valence-electron chi connectivity index (χ0n) is 27.6. The van der Waals surface area contributed by atoms with Gasteiger partial charge in [0.05, 0.1) is 50.0 Å². The second-order valence-corrected chi connectivity index (χ2v) is 13.2. The topological polar surface area (TPSA) is 27.7 Å². The van der Waals surface area contributed by atoms with E-state index in [0.717, 1.165) is 55.7 Å². The minimum absolute atomic E-state index is 0.910. The van der Waals surface area contributed by atoms with E-state index in [9.17, 15) is 0 Å². The average Bonchev–Trinajstić information content (AvgIpc) is 3.83. The third-order valence-corrected chi connectivity index (χ3v) is 10.5. The molecule has 0 aliphatic rings. The Morgan fingerprint density at radius 3 is 1.12 bits per heavy atom. The maximum absolute atomic E-state index is 5.46. The first-order valence-corrected chi connectivity index (χ1v) is 17.4. The molecule has 4 heteroatoms. The zero-order chi connectivity index (χ0) is 33.5. The first-order chi connectivity index (χ1) is 25.3. The van der Waals surface area contributed by atoms with Crippen molar-refractivity contribution >= 4 is 65.5 Å². The normalized spacial score (nSPS) is 11.9. The monoisotopic (exact) mass is 650 g/mol. The fourth-order valence-corrected chi connectivity index (χ4v) is 8.35. The van der Waals surface area contributed by atoms with Crippen LogP contribution >= 0.6 is 0 Å². The number of nitrogens with zero attached hydrogens (tertiary/aromatic N) is 4. The predicted octanol–water partition coefficient (Wildman–Crippen LogP) is 12.0. The second-order valence-electron chi connectivity index (χ2n) is 13.2. The van der Waals surface area contributed by atoms with Gasteiger partial charge in [0, 0.05) is 38.1 Å². The minimum Gasteiger partial charge on any atom is -0.309 e. The van der Waals surface area contributed by atoms with Gasteiger partial charge in [-0.2, -0.15) is 0 Å². The highest BCUT2D eigenvalue weighted by atomic mass is 15.1. The van der Waals surface area contributed by atoms with Crippen LogP contribution in [0, 0.1) is 0 Å². The van der Waals surface area contributed by atoms with Gasteiger partial charge in [-0.15, -0.1) is 0 Å². The van der Waals surface area contributed by atoms with Crippen LogP contribution in [0.15, 0.2) is 182 Å². The van der Waals surface area contributed by atoms with Crippen molar-refractivity contribution in [2.45, 2.75) is 0 Å². The lowest BCUT2D eigenvalue weighted by molar-refractivity contribution is 1.10. The molecule has 238 valence electrons.